The molecule has 4 nitrogen and oxygen atoms in total. The lowest BCUT2D eigenvalue weighted by Crippen LogP contribution is -2.15. The molecule has 0 saturated carbocycles. The number of hydrogen-bond donors (Lipinski definition) is 1. The fourth-order valence-electron chi connectivity index (χ4n) is 0.536. The SMILES string of the molecule is NCC(=O)Cc1cnsn1. The number of hydrogen-bond acceptors (Lipinski definition) is 5. The topological polar surface area (TPSA) is 68.9 Å². The van der Waals surface area contributed by atoms with Crippen molar-refractivity contribution in [2.45, 2.75) is 6.42 Å². The molecule has 0 radical (unpaired) electrons. The first-order valence-electron chi connectivity index (χ1n) is 2.81. The second-order valence-corrected chi connectivity index (χ2v) is 2.38. The average Bonchev–Trinajstić information content (AvgIpc) is 2.40. The van der Waals surface area contributed by atoms with Crippen molar-refractivity contribution in [1.82, 2.24) is 8.75 Å². The summed E-state index contributed by atoms with van der Waals surface area (Å²) in [6, 6.07) is 0. The summed E-state index contributed by atoms with van der Waals surface area (Å²) in [7, 11) is 0. The Morgan fingerprint density at radius 1 is 1.80 bits per heavy atom. The third-order valence-corrected chi connectivity index (χ3v) is 1.53. The van der Waals surface area contributed by atoms with Gasteiger partial charge in [-0.3, -0.25) is 4.79 Å². The minimum absolute atomic E-state index is 0.00676. The molecule has 0 amide bonds. The van der Waals surface area contributed by atoms with Gasteiger partial charge in [-0.05, 0) is 0 Å². The normalized spacial score (nSPS) is 9.70. The van der Waals surface area contributed by atoms with Crippen LogP contribution in [0.1, 0.15) is 5.69 Å². The van der Waals surface area contributed by atoms with Crippen molar-refractivity contribution in [2.24, 2.45) is 5.73 Å². The van der Waals surface area contributed by atoms with Crippen LogP contribution in [0, 0.1) is 0 Å². The highest BCUT2D eigenvalue weighted by molar-refractivity contribution is 6.99. The zero-order valence-corrected chi connectivity index (χ0v) is 6.10. The fourth-order valence-corrected chi connectivity index (χ4v) is 0.969. The van der Waals surface area contributed by atoms with Crippen LogP contribution in [0.5, 0.6) is 0 Å². The molecule has 0 atom stereocenters. The average molecular weight is 157 g/mol. The van der Waals surface area contributed by atoms with Gasteiger partial charge in [0.15, 0.2) is 5.78 Å². The van der Waals surface area contributed by atoms with E-state index in [0.717, 1.165) is 11.7 Å². The molecule has 0 bridgehead atoms. The van der Waals surface area contributed by atoms with E-state index in [0.29, 0.717) is 12.1 Å². The molecule has 0 aliphatic rings. The third-order valence-electron chi connectivity index (χ3n) is 1.01. The third kappa shape index (κ3) is 1.85. The van der Waals surface area contributed by atoms with Crippen molar-refractivity contribution in [2.75, 3.05) is 6.54 Å². The van der Waals surface area contributed by atoms with E-state index in [2.05, 4.69) is 8.75 Å². The maximum atomic E-state index is 10.7. The lowest BCUT2D eigenvalue weighted by atomic mass is 10.2. The van der Waals surface area contributed by atoms with Gasteiger partial charge in [0.2, 0.25) is 0 Å². The Labute approximate surface area is 62.4 Å². The Balaban J connectivity index is 2.48. The summed E-state index contributed by atoms with van der Waals surface area (Å²) in [6.07, 6.45) is 1.89. The van der Waals surface area contributed by atoms with E-state index >= 15 is 0 Å². The van der Waals surface area contributed by atoms with Crippen LogP contribution in [-0.4, -0.2) is 21.1 Å². The van der Waals surface area contributed by atoms with Crippen LogP contribution in [0.25, 0.3) is 0 Å². The van der Waals surface area contributed by atoms with Gasteiger partial charge >= 0.3 is 0 Å². The molecule has 54 valence electrons. The predicted molar refractivity (Wildman–Crippen MR) is 37.7 cm³/mol. The Kier molecular flexibility index (Phi) is 2.47. The van der Waals surface area contributed by atoms with Crippen LogP contribution >= 0.6 is 11.7 Å². The summed E-state index contributed by atoms with van der Waals surface area (Å²) in [6.45, 7) is 0.0809. The quantitative estimate of drug-likeness (QED) is 0.648. The standard InChI is InChI=1S/C5H7N3OS/c6-2-5(9)1-4-3-7-10-8-4/h3H,1-2,6H2. The van der Waals surface area contributed by atoms with E-state index < -0.39 is 0 Å². The van der Waals surface area contributed by atoms with Crippen molar-refractivity contribution in [3.05, 3.63) is 11.9 Å². The van der Waals surface area contributed by atoms with Crippen molar-refractivity contribution < 1.29 is 4.79 Å². The van der Waals surface area contributed by atoms with Gasteiger partial charge in [0.25, 0.3) is 0 Å². The lowest BCUT2D eigenvalue weighted by molar-refractivity contribution is -0.117. The molecular weight excluding hydrogens is 150 g/mol. The fraction of sp³-hybridized carbons (Fsp3) is 0.400. The number of carbonyl (C=O) groups excluding carboxylic acids is 1. The van der Waals surface area contributed by atoms with E-state index in [1.165, 1.54) is 0 Å². The second-order valence-electron chi connectivity index (χ2n) is 1.82. The van der Waals surface area contributed by atoms with E-state index in [1.54, 1.807) is 6.20 Å². The molecule has 0 saturated heterocycles. The number of Topliss-reactive ketones (excluding diaryl/α,β-unsaturated/α-hetero) is 1. The van der Waals surface area contributed by atoms with Crippen LogP contribution in [0.4, 0.5) is 0 Å². The molecule has 1 aromatic heterocycles. The van der Waals surface area contributed by atoms with E-state index in [-0.39, 0.29) is 12.3 Å². The van der Waals surface area contributed by atoms with Gasteiger partial charge in [-0.25, -0.2) is 0 Å². The van der Waals surface area contributed by atoms with Crippen LogP contribution < -0.4 is 5.73 Å². The highest BCUT2D eigenvalue weighted by Gasteiger charge is 2.02. The number of rotatable bonds is 3. The zero-order chi connectivity index (χ0) is 7.40. The van der Waals surface area contributed by atoms with Crippen LogP contribution in [0.15, 0.2) is 6.20 Å². The molecule has 0 aliphatic heterocycles. The van der Waals surface area contributed by atoms with E-state index in [1.807, 2.05) is 0 Å². The summed E-state index contributed by atoms with van der Waals surface area (Å²) in [5.41, 5.74) is 5.80. The van der Waals surface area contributed by atoms with Crippen molar-refractivity contribution in [3.63, 3.8) is 0 Å². The van der Waals surface area contributed by atoms with Gasteiger partial charge in [-0.15, -0.1) is 0 Å². The zero-order valence-electron chi connectivity index (χ0n) is 5.28. The summed E-state index contributed by atoms with van der Waals surface area (Å²) in [5, 5.41) is 0. The Bertz CT molecular complexity index is 209. The first-order valence-corrected chi connectivity index (χ1v) is 3.54. The highest BCUT2D eigenvalue weighted by Crippen LogP contribution is 1.95. The molecule has 2 N–H and O–H groups in total. The van der Waals surface area contributed by atoms with Crippen molar-refractivity contribution in [3.8, 4) is 0 Å². The van der Waals surface area contributed by atoms with Gasteiger partial charge in [0, 0.05) is 0 Å². The van der Waals surface area contributed by atoms with Crippen LogP contribution in [0.3, 0.4) is 0 Å². The summed E-state index contributed by atoms with van der Waals surface area (Å²) in [4.78, 5) is 10.7. The summed E-state index contributed by atoms with van der Waals surface area (Å²) >= 11 is 1.10. The molecule has 0 unspecified atom stereocenters. The van der Waals surface area contributed by atoms with Crippen molar-refractivity contribution >= 4 is 17.5 Å². The maximum Gasteiger partial charge on any atom is 0.152 e. The van der Waals surface area contributed by atoms with Crippen LogP contribution in [0.2, 0.25) is 0 Å². The number of ketones is 1. The monoisotopic (exact) mass is 157 g/mol. The van der Waals surface area contributed by atoms with Gasteiger partial charge in [-0.1, -0.05) is 0 Å². The summed E-state index contributed by atoms with van der Waals surface area (Å²) in [5.74, 6) is -0.00676. The molecular formula is C5H7N3OS. The lowest BCUT2D eigenvalue weighted by Gasteiger charge is -1.89. The first-order chi connectivity index (χ1) is 4.83. The van der Waals surface area contributed by atoms with E-state index in [9.17, 15) is 4.79 Å². The van der Waals surface area contributed by atoms with Crippen molar-refractivity contribution in [1.29, 1.82) is 0 Å². The van der Waals surface area contributed by atoms with Crippen LogP contribution in [-0.2, 0) is 11.2 Å². The Morgan fingerprint density at radius 2 is 2.60 bits per heavy atom. The Hall–Kier alpha value is -0.810. The van der Waals surface area contributed by atoms with Gasteiger partial charge < -0.3 is 5.73 Å². The second kappa shape index (κ2) is 3.38. The minimum atomic E-state index is -0.00676. The molecule has 0 aliphatic carbocycles. The smallest absolute Gasteiger partial charge is 0.152 e. The van der Waals surface area contributed by atoms with Gasteiger partial charge in [0.05, 0.1) is 36.6 Å². The molecule has 5 heteroatoms. The maximum absolute atomic E-state index is 10.7. The molecule has 0 fully saturated rings. The first kappa shape index (κ1) is 7.30. The molecule has 10 heavy (non-hydrogen) atoms. The summed E-state index contributed by atoms with van der Waals surface area (Å²) < 4.78 is 7.61. The number of nitrogens with zero attached hydrogens (tertiary/aromatic N) is 2. The van der Waals surface area contributed by atoms with Gasteiger partial charge in [-0.2, -0.15) is 8.75 Å². The molecule has 1 heterocycles. The van der Waals surface area contributed by atoms with Gasteiger partial charge in [0.1, 0.15) is 0 Å². The predicted octanol–water partition coefficient (Wildman–Crippen LogP) is -0.392. The molecule has 1 aromatic rings. The number of aromatic nitrogens is 2. The minimum Gasteiger partial charge on any atom is -0.324 e. The molecule has 0 aromatic carbocycles. The molecule has 0 spiro atoms. The number of nitrogens with two attached hydrogens (primary N) is 1. The highest BCUT2D eigenvalue weighted by atomic mass is 32.1. The largest absolute Gasteiger partial charge is 0.324 e. The van der Waals surface area contributed by atoms with E-state index in [4.69, 9.17) is 5.73 Å². The number of carbonyl (C=O) groups is 1. The molecule has 1 rings (SSSR count). The Morgan fingerprint density at radius 3 is 3.10 bits per heavy atom.